The molecule has 0 saturated carbocycles. The highest BCUT2D eigenvalue weighted by atomic mass is 79.9. The molecule has 0 fully saturated rings. The lowest BCUT2D eigenvalue weighted by molar-refractivity contribution is -0.138. The van der Waals surface area contributed by atoms with Gasteiger partial charge in [0.2, 0.25) is 0 Å². The standard InChI is InChI=1S/C30H24Br2N2O5S/c1-4-39-29(36)24-25(18-8-6-5-7-9-18)33-30-34(26(24)19-10-12-20(37-2)13-11-19)28(35)23(40-30)16-17-14-21(31)27(38-3)22(32)15-17/h5-16,26H,4H2,1-3H3/b23-16-/t26-/m0/s1. The topological polar surface area (TPSA) is 79.1 Å². The molecule has 3 aromatic carbocycles. The van der Waals surface area contributed by atoms with E-state index in [1.165, 1.54) is 11.3 Å². The summed E-state index contributed by atoms with van der Waals surface area (Å²) in [5.74, 6) is 0.796. The van der Waals surface area contributed by atoms with Gasteiger partial charge in [-0.05, 0) is 80.3 Å². The third kappa shape index (κ3) is 5.31. The van der Waals surface area contributed by atoms with Crippen LogP contribution in [0.1, 0.15) is 29.7 Å². The molecule has 0 bridgehead atoms. The van der Waals surface area contributed by atoms with E-state index in [4.69, 9.17) is 19.2 Å². The molecule has 40 heavy (non-hydrogen) atoms. The van der Waals surface area contributed by atoms with Gasteiger partial charge in [0.25, 0.3) is 5.56 Å². The van der Waals surface area contributed by atoms with Crippen LogP contribution in [0.25, 0.3) is 11.8 Å². The number of aromatic nitrogens is 1. The fourth-order valence-corrected chi connectivity index (χ4v) is 7.10. The first kappa shape index (κ1) is 28.1. The van der Waals surface area contributed by atoms with Crippen molar-refractivity contribution >= 4 is 60.9 Å². The minimum absolute atomic E-state index is 0.186. The van der Waals surface area contributed by atoms with Gasteiger partial charge in [0.15, 0.2) is 4.80 Å². The number of thiazole rings is 1. The van der Waals surface area contributed by atoms with E-state index in [0.717, 1.165) is 25.6 Å². The van der Waals surface area contributed by atoms with Crippen LogP contribution in [0, 0.1) is 0 Å². The number of ether oxygens (including phenoxy) is 3. The molecule has 0 radical (unpaired) electrons. The summed E-state index contributed by atoms with van der Waals surface area (Å²) < 4.78 is 19.8. The van der Waals surface area contributed by atoms with Crippen molar-refractivity contribution < 1.29 is 19.0 Å². The largest absolute Gasteiger partial charge is 0.497 e. The normalized spacial score (nSPS) is 14.9. The summed E-state index contributed by atoms with van der Waals surface area (Å²) in [7, 11) is 3.18. The van der Waals surface area contributed by atoms with Gasteiger partial charge in [0.05, 0.1) is 51.6 Å². The Balaban J connectivity index is 1.80. The molecule has 1 aromatic heterocycles. The van der Waals surface area contributed by atoms with Crippen LogP contribution in [0.2, 0.25) is 0 Å². The fourth-order valence-electron chi connectivity index (χ4n) is 4.55. The number of hydrogen-bond donors (Lipinski definition) is 0. The monoisotopic (exact) mass is 682 g/mol. The van der Waals surface area contributed by atoms with Gasteiger partial charge >= 0.3 is 5.97 Å². The Morgan fingerprint density at radius 2 is 1.70 bits per heavy atom. The Bertz CT molecular complexity index is 1770. The Kier molecular flexibility index (Phi) is 8.39. The van der Waals surface area contributed by atoms with Crippen LogP contribution in [-0.2, 0) is 9.53 Å². The van der Waals surface area contributed by atoms with Crippen molar-refractivity contribution in [3.05, 3.63) is 118 Å². The average Bonchev–Trinajstić information content (AvgIpc) is 3.27. The predicted molar refractivity (Wildman–Crippen MR) is 162 cm³/mol. The maximum atomic E-state index is 14.0. The van der Waals surface area contributed by atoms with Crippen LogP contribution in [0.5, 0.6) is 11.5 Å². The highest BCUT2D eigenvalue weighted by Crippen LogP contribution is 2.36. The molecule has 0 spiro atoms. The summed E-state index contributed by atoms with van der Waals surface area (Å²) in [5.41, 5.74) is 2.79. The number of halogens is 2. The SMILES string of the molecule is CCOC(=O)C1=C(c2ccccc2)N=c2s/c(=C\c3cc(Br)c(OC)c(Br)c3)c(=O)n2[C@H]1c1ccc(OC)cc1. The van der Waals surface area contributed by atoms with Crippen LogP contribution in [0.15, 0.2) is 91.0 Å². The van der Waals surface area contributed by atoms with Gasteiger partial charge in [-0.2, -0.15) is 0 Å². The van der Waals surface area contributed by atoms with Crippen molar-refractivity contribution in [2.75, 3.05) is 20.8 Å². The minimum atomic E-state index is -0.757. The van der Waals surface area contributed by atoms with Crippen molar-refractivity contribution in [2.24, 2.45) is 4.99 Å². The molecule has 7 nitrogen and oxygen atoms in total. The van der Waals surface area contributed by atoms with Crippen LogP contribution < -0.4 is 24.4 Å². The third-order valence-corrected chi connectivity index (χ3v) is 8.49. The summed E-state index contributed by atoms with van der Waals surface area (Å²) in [6, 6.07) is 19.8. The minimum Gasteiger partial charge on any atom is -0.497 e. The van der Waals surface area contributed by atoms with Crippen LogP contribution in [0.4, 0.5) is 0 Å². The van der Waals surface area contributed by atoms with Crippen molar-refractivity contribution in [1.29, 1.82) is 0 Å². The van der Waals surface area contributed by atoms with Gasteiger partial charge < -0.3 is 14.2 Å². The van der Waals surface area contributed by atoms with Gasteiger partial charge in [-0.1, -0.05) is 53.8 Å². The van der Waals surface area contributed by atoms with Gasteiger partial charge in [-0.15, -0.1) is 0 Å². The Morgan fingerprint density at radius 1 is 1.02 bits per heavy atom. The number of fused-ring (bicyclic) bond motifs is 1. The predicted octanol–water partition coefficient (Wildman–Crippen LogP) is 5.48. The quantitative estimate of drug-likeness (QED) is 0.241. The maximum absolute atomic E-state index is 14.0. The van der Waals surface area contributed by atoms with E-state index >= 15 is 0 Å². The smallest absolute Gasteiger partial charge is 0.338 e. The third-order valence-electron chi connectivity index (χ3n) is 6.33. The van der Waals surface area contributed by atoms with Gasteiger partial charge in [-0.25, -0.2) is 9.79 Å². The van der Waals surface area contributed by atoms with E-state index in [2.05, 4.69) is 31.9 Å². The lowest BCUT2D eigenvalue weighted by Crippen LogP contribution is -2.40. The molecule has 0 N–H and O–H groups in total. The zero-order valence-electron chi connectivity index (χ0n) is 21.8. The summed E-state index contributed by atoms with van der Waals surface area (Å²) >= 11 is 8.32. The number of esters is 1. The molecule has 0 unspecified atom stereocenters. The lowest BCUT2D eigenvalue weighted by atomic mass is 9.93. The lowest BCUT2D eigenvalue weighted by Gasteiger charge is -2.26. The van der Waals surface area contributed by atoms with Gasteiger partial charge in [0.1, 0.15) is 11.5 Å². The first-order valence-electron chi connectivity index (χ1n) is 12.3. The van der Waals surface area contributed by atoms with Crippen molar-refractivity contribution in [3.63, 3.8) is 0 Å². The van der Waals surface area contributed by atoms with E-state index in [-0.39, 0.29) is 12.2 Å². The number of carbonyl (C=O) groups excluding carboxylic acids is 1. The van der Waals surface area contributed by atoms with Crippen molar-refractivity contribution in [3.8, 4) is 11.5 Å². The van der Waals surface area contributed by atoms with E-state index in [0.29, 0.717) is 32.1 Å². The van der Waals surface area contributed by atoms with Crippen LogP contribution in [-0.4, -0.2) is 31.4 Å². The second-order valence-corrected chi connectivity index (χ2v) is 11.4. The molecule has 204 valence electrons. The number of benzene rings is 3. The second-order valence-electron chi connectivity index (χ2n) is 8.72. The first-order valence-corrected chi connectivity index (χ1v) is 14.7. The summed E-state index contributed by atoms with van der Waals surface area (Å²) in [6.07, 6.45) is 1.81. The number of carbonyl (C=O) groups is 1. The van der Waals surface area contributed by atoms with Crippen molar-refractivity contribution in [1.82, 2.24) is 4.57 Å². The molecule has 0 amide bonds. The Labute approximate surface area is 251 Å². The van der Waals surface area contributed by atoms with E-state index in [9.17, 15) is 9.59 Å². The first-order chi connectivity index (χ1) is 19.4. The molecule has 1 atom stereocenters. The molecule has 2 heterocycles. The Hall–Kier alpha value is -3.47. The molecule has 10 heteroatoms. The number of nitrogens with zero attached hydrogens (tertiary/aromatic N) is 2. The van der Waals surface area contributed by atoms with E-state index in [1.807, 2.05) is 66.7 Å². The van der Waals surface area contributed by atoms with Crippen LogP contribution in [0.3, 0.4) is 0 Å². The molecule has 5 rings (SSSR count). The van der Waals surface area contributed by atoms with E-state index in [1.54, 1.807) is 31.8 Å². The molecule has 0 aliphatic carbocycles. The highest BCUT2D eigenvalue weighted by Gasteiger charge is 2.35. The highest BCUT2D eigenvalue weighted by molar-refractivity contribution is 9.11. The molecular formula is C30H24Br2N2O5S. The molecule has 1 aliphatic heterocycles. The fraction of sp³-hybridized carbons (Fsp3) is 0.167. The molecule has 4 aromatic rings. The summed E-state index contributed by atoms with van der Waals surface area (Å²) in [5, 5.41) is 0. The summed E-state index contributed by atoms with van der Waals surface area (Å²) in [6.45, 7) is 1.94. The van der Waals surface area contributed by atoms with Gasteiger partial charge in [-0.3, -0.25) is 9.36 Å². The second kappa shape index (κ2) is 12.0. The van der Waals surface area contributed by atoms with E-state index < -0.39 is 12.0 Å². The number of methoxy groups -OCH3 is 2. The zero-order valence-corrected chi connectivity index (χ0v) is 25.8. The number of hydrogen-bond acceptors (Lipinski definition) is 7. The maximum Gasteiger partial charge on any atom is 0.338 e. The zero-order chi connectivity index (χ0) is 28.4. The van der Waals surface area contributed by atoms with Crippen LogP contribution >= 0.6 is 43.2 Å². The average molecular weight is 684 g/mol. The molecule has 1 aliphatic rings. The molecular weight excluding hydrogens is 660 g/mol. The number of rotatable bonds is 7. The van der Waals surface area contributed by atoms with Crippen molar-refractivity contribution in [2.45, 2.75) is 13.0 Å². The summed E-state index contributed by atoms with van der Waals surface area (Å²) in [4.78, 5) is 32.9. The Morgan fingerprint density at radius 3 is 2.30 bits per heavy atom. The molecule has 0 saturated heterocycles. The van der Waals surface area contributed by atoms with Gasteiger partial charge in [0, 0.05) is 5.56 Å².